The number of carbonyl (C=O) groups is 1. The monoisotopic (exact) mass is 359 g/mol. The van der Waals surface area contributed by atoms with Gasteiger partial charge in [-0.2, -0.15) is 0 Å². The van der Waals surface area contributed by atoms with Crippen molar-refractivity contribution in [2.24, 2.45) is 0 Å². The van der Waals surface area contributed by atoms with E-state index in [1.165, 1.54) is 5.56 Å². The van der Waals surface area contributed by atoms with Crippen LogP contribution in [0.25, 0.3) is 0 Å². The first-order chi connectivity index (χ1) is 10.6. The van der Waals surface area contributed by atoms with Crippen molar-refractivity contribution >= 4 is 33.2 Å². The van der Waals surface area contributed by atoms with Gasteiger partial charge < -0.3 is 10.2 Å². The molecule has 1 saturated heterocycles. The fourth-order valence-corrected chi connectivity index (χ4v) is 2.89. The van der Waals surface area contributed by atoms with Gasteiger partial charge in [0.1, 0.15) is 5.69 Å². The van der Waals surface area contributed by atoms with Gasteiger partial charge in [-0.1, -0.05) is 22.0 Å². The fourth-order valence-electron chi connectivity index (χ4n) is 2.51. The maximum absolute atomic E-state index is 12.2. The smallest absolute Gasteiger partial charge is 0.272 e. The Bertz CT molecular complexity index is 679. The zero-order valence-corrected chi connectivity index (χ0v) is 14.1. The van der Waals surface area contributed by atoms with Crippen LogP contribution in [0.2, 0.25) is 0 Å². The van der Waals surface area contributed by atoms with Crippen molar-refractivity contribution in [2.45, 2.75) is 19.8 Å². The topological polar surface area (TPSA) is 45.2 Å². The molecule has 0 radical (unpaired) electrons. The average molecular weight is 360 g/mol. The number of nitrogens with one attached hydrogen (secondary N) is 1. The zero-order chi connectivity index (χ0) is 15.5. The molecule has 1 aliphatic rings. The van der Waals surface area contributed by atoms with E-state index in [1.54, 1.807) is 12.3 Å². The van der Waals surface area contributed by atoms with Crippen molar-refractivity contribution in [3.63, 3.8) is 0 Å². The number of halogens is 1. The number of nitrogens with zero attached hydrogens (tertiary/aromatic N) is 2. The number of rotatable bonds is 3. The second-order valence-corrected chi connectivity index (χ2v) is 6.37. The Kier molecular flexibility index (Phi) is 4.43. The Morgan fingerprint density at radius 3 is 2.55 bits per heavy atom. The first-order valence-corrected chi connectivity index (χ1v) is 8.21. The maximum Gasteiger partial charge on any atom is 0.272 e. The summed E-state index contributed by atoms with van der Waals surface area (Å²) in [5.41, 5.74) is 3.55. The zero-order valence-electron chi connectivity index (χ0n) is 12.5. The highest BCUT2D eigenvalue weighted by atomic mass is 79.9. The summed E-state index contributed by atoms with van der Waals surface area (Å²) in [6.07, 6.45) is 3.89. The molecule has 4 nitrogen and oxygen atoms in total. The van der Waals surface area contributed by atoms with Gasteiger partial charge in [-0.15, -0.1) is 0 Å². The van der Waals surface area contributed by atoms with Crippen molar-refractivity contribution in [2.75, 3.05) is 18.4 Å². The van der Waals surface area contributed by atoms with Crippen LogP contribution in [-0.4, -0.2) is 28.9 Å². The van der Waals surface area contributed by atoms with Gasteiger partial charge >= 0.3 is 0 Å². The Hall–Kier alpha value is -1.88. The summed E-state index contributed by atoms with van der Waals surface area (Å²) in [7, 11) is 0. The van der Waals surface area contributed by atoms with E-state index in [4.69, 9.17) is 0 Å². The fraction of sp³-hybridized carbons (Fsp3) is 0.294. The molecule has 2 aromatic rings. The van der Waals surface area contributed by atoms with Crippen molar-refractivity contribution in [1.82, 2.24) is 9.88 Å². The van der Waals surface area contributed by atoms with Crippen LogP contribution in [-0.2, 0) is 0 Å². The quantitative estimate of drug-likeness (QED) is 0.895. The molecule has 1 amide bonds. The third kappa shape index (κ3) is 3.30. The molecule has 22 heavy (non-hydrogen) atoms. The van der Waals surface area contributed by atoms with Crippen LogP contribution in [0.1, 0.15) is 28.9 Å². The number of anilines is 2. The lowest BCUT2D eigenvalue weighted by Gasteiger charge is -2.14. The lowest BCUT2D eigenvalue weighted by molar-refractivity contribution is 0.0787. The van der Waals surface area contributed by atoms with Gasteiger partial charge in [-0.3, -0.25) is 4.79 Å². The Morgan fingerprint density at radius 1 is 1.18 bits per heavy atom. The van der Waals surface area contributed by atoms with Crippen LogP contribution in [0.3, 0.4) is 0 Å². The second kappa shape index (κ2) is 6.48. The summed E-state index contributed by atoms with van der Waals surface area (Å²) >= 11 is 3.52. The summed E-state index contributed by atoms with van der Waals surface area (Å²) in [6.45, 7) is 3.74. The normalized spacial score (nSPS) is 14.2. The summed E-state index contributed by atoms with van der Waals surface area (Å²) < 4.78 is 1.06. The number of aromatic nitrogens is 1. The summed E-state index contributed by atoms with van der Waals surface area (Å²) in [5, 5.41) is 3.29. The highest BCUT2D eigenvalue weighted by Gasteiger charge is 2.20. The van der Waals surface area contributed by atoms with Gasteiger partial charge in [0.25, 0.3) is 5.91 Å². The van der Waals surface area contributed by atoms with Gasteiger partial charge in [0, 0.05) is 23.2 Å². The van der Waals surface area contributed by atoms with Crippen LogP contribution in [0.15, 0.2) is 41.0 Å². The van der Waals surface area contributed by atoms with Gasteiger partial charge in [0.15, 0.2) is 0 Å². The standard InChI is InChI=1S/C17H18BrN3O/c1-12-4-5-13(10-15(12)18)20-14-6-7-16(19-11-14)17(22)21-8-2-3-9-21/h4-7,10-11,20H,2-3,8-9H2,1H3. The van der Waals surface area contributed by atoms with Crippen LogP contribution in [0.4, 0.5) is 11.4 Å². The number of hydrogen-bond acceptors (Lipinski definition) is 3. The molecule has 1 aromatic carbocycles. The van der Waals surface area contributed by atoms with Crippen molar-refractivity contribution in [3.05, 3.63) is 52.3 Å². The Labute approximate surface area is 138 Å². The minimum absolute atomic E-state index is 0.0298. The van der Waals surface area contributed by atoms with Gasteiger partial charge in [-0.05, 0) is 49.6 Å². The number of amides is 1. The SMILES string of the molecule is Cc1ccc(Nc2ccc(C(=O)N3CCCC3)nc2)cc1Br. The number of likely N-dealkylation sites (tertiary alicyclic amines) is 1. The minimum Gasteiger partial charge on any atom is -0.354 e. The highest BCUT2D eigenvalue weighted by molar-refractivity contribution is 9.10. The van der Waals surface area contributed by atoms with Crippen molar-refractivity contribution < 1.29 is 4.79 Å². The summed E-state index contributed by atoms with van der Waals surface area (Å²) in [5.74, 6) is 0.0298. The highest BCUT2D eigenvalue weighted by Crippen LogP contribution is 2.23. The maximum atomic E-state index is 12.2. The van der Waals surface area contributed by atoms with Crippen LogP contribution in [0, 0.1) is 6.92 Å². The largest absolute Gasteiger partial charge is 0.354 e. The molecule has 2 heterocycles. The number of hydrogen-bond donors (Lipinski definition) is 1. The van der Waals surface area contributed by atoms with E-state index < -0.39 is 0 Å². The van der Waals surface area contributed by atoms with Crippen LogP contribution >= 0.6 is 15.9 Å². The van der Waals surface area contributed by atoms with E-state index in [1.807, 2.05) is 36.1 Å². The molecule has 1 aromatic heterocycles. The molecule has 0 saturated carbocycles. The number of carbonyl (C=O) groups excluding carboxylic acids is 1. The Morgan fingerprint density at radius 2 is 1.91 bits per heavy atom. The van der Waals surface area contributed by atoms with Crippen molar-refractivity contribution in [3.8, 4) is 0 Å². The average Bonchev–Trinajstić information content (AvgIpc) is 3.05. The number of aryl methyl sites for hydroxylation is 1. The molecule has 0 spiro atoms. The van der Waals surface area contributed by atoms with E-state index in [0.717, 1.165) is 41.8 Å². The molecular formula is C17H18BrN3O. The first-order valence-electron chi connectivity index (χ1n) is 7.42. The molecule has 0 atom stereocenters. The third-order valence-corrected chi connectivity index (χ3v) is 4.69. The molecule has 114 valence electrons. The van der Waals surface area contributed by atoms with Gasteiger partial charge in [0.2, 0.25) is 0 Å². The lowest BCUT2D eigenvalue weighted by atomic mass is 10.2. The van der Waals surface area contributed by atoms with Crippen LogP contribution in [0.5, 0.6) is 0 Å². The van der Waals surface area contributed by atoms with Crippen LogP contribution < -0.4 is 5.32 Å². The van der Waals surface area contributed by atoms with E-state index in [2.05, 4.69) is 26.2 Å². The second-order valence-electron chi connectivity index (χ2n) is 5.52. The molecule has 5 heteroatoms. The molecule has 3 rings (SSSR count). The molecule has 0 aliphatic carbocycles. The predicted octanol–water partition coefficient (Wildman–Crippen LogP) is 4.13. The summed E-state index contributed by atoms with van der Waals surface area (Å²) in [4.78, 5) is 18.4. The van der Waals surface area contributed by atoms with E-state index in [0.29, 0.717) is 5.69 Å². The molecule has 0 bridgehead atoms. The molecule has 0 unspecified atom stereocenters. The first kappa shape index (κ1) is 15.0. The predicted molar refractivity (Wildman–Crippen MR) is 91.5 cm³/mol. The minimum atomic E-state index is 0.0298. The molecule has 1 N–H and O–H groups in total. The molecule has 1 aliphatic heterocycles. The van der Waals surface area contributed by atoms with Gasteiger partial charge in [-0.25, -0.2) is 4.98 Å². The number of benzene rings is 1. The Balaban J connectivity index is 1.70. The summed E-state index contributed by atoms with van der Waals surface area (Å²) in [6, 6.07) is 9.77. The lowest BCUT2D eigenvalue weighted by Crippen LogP contribution is -2.28. The number of pyridine rings is 1. The molecule has 1 fully saturated rings. The van der Waals surface area contributed by atoms with Gasteiger partial charge in [0.05, 0.1) is 11.9 Å². The van der Waals surface area contributed by atoms with E-state index in [-0.39, 0.29) is 5.91 Å². The third-order valence-electron chi connectivity index (χ3n) is 3.84. The van der Waals surface area contributed by atoms with Crippen molar-refractivity contribution in [1.29, 1.82) is 0 Å². The van der Waals surface area contributed by atoms with E-state index in [9.17, 15) is 4.79 Å². The van der Waals surface area contributed by atoms with E-state index >= 15 is 0 Å². The molecular weight excluding hydrogens is 342 g/mol.